The lowest BCUT2D eigenvalue weighted by atomic mass is 10.2. The summed E-state index contributed by atoms with van der Waals surface area (Å²) in [6, 6.07) is 13.9. The number of nitrogens with zero attached hydrogens (tertiary/aromatic N) is 3. The average molecular weight is 292 g/mol. The van der Waals surface area contributed by atoms with Crippen molar-refractivity contribution in [2.45, 2.75) is 13.0 Å². The second-order valence-corrected chi connectivity index (χ2v) is 5.30. The molecule has 2 aromatic rings. The van der Waals surface area contributed by atoms with Gasteiger partial charge in [0.1, 0.15) is 0 Å². The van der Waals surface area contributed by atoms with E-state index in [1.54, 1.807) is 0 Å². The van der Waals surface area contributed by atoms with Crippen LogP contribution in [-0.4, -0.2) is 23.8 Å². The van der Waals surface area contributed by atoms with Crippen molar-refractivity contribution >= 4 is 17.1 Å². The third-order valence-corrected chi connectivity index (χ3v) is 3.63. The molecule has 0 aliphatic carbocycles. The van der Waals surface area contributed by atoms with Crippen LogP contribution >= 0.6 is 0 Å². The van der Waals surface area contributed by atoms with Crippen molar-refractivity contribution in [1.82, 2.24) is 4.98 Å². The number of rotatable bonds is 5. The Morgan fingerprint density at radius 1 is 1.05 bits per heavy atom. The topological polar surface area (TPSA) is 54.5 Å². The van der Waals surface area contributed by atoms with Gasteiger partial charge in [0.15, 0.2) is 0 Å². The van der Waals surface area contributed by atoms with Crippen LogP contribution in [0.5, 0.6) is 0 Å². The average Bonchev–Trinajstić information content (AvgIpc) is 2.57. The number of hydrogen-bond donors (Lipinski definition) is 1. The molecule has 2 N–H and O–H groups in total. The molecule has 0 bridgehead atoms. The van der Waals surface area contributed by atoms with E-state index in [0.717, 1.165) is 42.3 Å². The number of nitrogens with two attached hydrogens (primary N) is 1. The summed E-state index contributed by atoms with van der Waals surface area (Å²) in [7, 11) is 0. The number of aliphatic imine (C=N–C) groups is 1. The number of nitrogen functional groups attached to an aromatic ring is 1. The highest BCUT2D eigenvalue weighted by Gasteiger charge is 2.13. The third-order valence-electron chi connectivity index (χ3n) is 3.63. The van der Waals surface area contributed by atoms with Crippen LogP contribution in [0.2, 0.25) is 0 Å². The van der Waals surface area contributed by atoms with Crippen LogP contribution < -0.4 is 10.6 Å². The minimum absolute atomic E-state index is 0.710. The fraction of sp³-hybridized carbons (Fsp3) is 0.222. The Morgan fingerprint density at radius 3 is 2.64 bits per heavy atom. The Bertz CT molecular complexity index is 676. The summed E-state index contributed by atoms with van der Waals surface area (Å²) < 4.78 is 0. The lowest BCUT2D eigenvalue weighted by Crippen LogP contribution is -2.30. The van der Waals surface area contributed by atoms with E-state index in [1.165, 1.54) is 0 Å². The van der Waals surface area contributed by atoms with E-state index >= 15 is 0 Å². The van der Waals surface area contributed by atoms with Gasteiger partial charge in [0.05, 0.1) is 35.9 Å². The van der Waals surface area contributed by atoms with Gasteiger partial charge in [-0.3, -0.25) is 9.98 Å². The lowest BCUT2D eigenvalue weighted by molar-refractivity contribution is 0.848. The molecule has 0 saturated carbocycles. The molecule has 4 heteroatoms. The second-order valence-electron chi connectivity index (χ2n) is 5.30. The normalized spacial score (nSPS) is 13.7. The molecule has 1 aromatic carbocycles. The molecule has 4 nitrogen and oxygen atoms in total. The molecule has 112 valence electrons. The van der Waals surface area contributed by atoms with Gasteiger partial charge in [-0.25, -0.2) is 0 Å². The fourth-order valence-corrected chi connectivity index (χ4v) is 2.54. The molecule has 0 amide bonds. The van der Waals surface area contributed by atoms with E-state index in [4.69, 9.17) is 5.73 Å². The van der Waals surface area contributed by atoms with Gasteiger partial charge in [0.25, 0.3) is 0 Å². The first kappa shape index (κ1) is 14.3. The number of aromatic nitrogens is 1. The summed E-state index contributed by atoms with van der Waals surface area (Å²) in [5.74, 6) is 0. The van der Waals surface area contributed by atoms with E-state index in [2.05, 4.69) is 27.0 Å². The first-order valence-electron chi connectivity index (χ1n) is 7.52. The molecule has 0 fully saturated rings. The Kier molecular flexibility index (Phi) is 4.49. The highest BCUT2D eigenvalue weighted by Crippen LogP contribution is 2.24. The van der Waals surface area contributed by atoms with E-state index in [0.29, 0.717) is 6.54 Å². The highest BCUT2D eigenvalue weighted by molar-refractivity contribution is 5.99. The Hall–Kier alpha value is -2.62. The molecular formula is C18H20N4. The molecule has 0 spiro atoms. The third kappa shape index (κ3) is 3.52. The molecule has 1 aliphatic heterocycles. The van der Waals surface area contributed by atoms with Crippen molar-refractivity contribution in [1.29, 1.82) is 0 Å². The summed E-state index contributed by atoms with van der Waals surface area (Å²) >= 11 is 0. The Morgan fingerprint density at radius 2 is 1.91 bits per heavy atom. The smallest absolute Gasteiger partial charge is 0.0607 e. The Balaban J connectivity index is 1.86. The van der Waals surface area contributed by atoms with Crippen LogP contribution in [0.4, 0.5) is 11.4 Å². The largest absolute Gasteiger partial charge is 0.397 e. The fourth-order valence-electron chi connectivity index (χ4n) is 2.54. The predicted molar refractivity (Wildman–Crippen MR) is 92.2 cm³/mol. The number of para-hydroxylation sites is 2. The molecule has 0 unspecified atom stereocenters. The van der Waals surface area contributed by atoms with E-state index in [-0.39, 0.29) is 0 Å². The zero-order chi connectivity index (χ0) is 15.2. The van der Waals surface area contributed by atoms with Crippen molar-refractivity contribution in [3.63, 3.8) is 0 Å². The quantitative estimate of drug-likeness (QED) is 0.862. The molecule has 22 heavy (non-hydrogen) atoms. The van der Waals surface area contributed by atoms with Gasteiger partial charge in [-0.05, 0) is 36.8 Å². The summed E-state index contributed by atoms with van der Waals surface area (Å²) in [4.78, 5) is 11.2. The minimum atomic E-state index is 0.710. The van der Waals surface area contributed by atoms with Gasteiger partial charge in [0.2, 0.25) is 0 Å². The SMILES string of the molecule is Nc1ccccc1N(CC1=NCCC=C1)Cc1ccccn1. The summed E-state index contributed by atoms with van der Waals surface area (Å²) in [5, 5.41) is 0. The maximum Gasteiger partial charge on any atom is 0.0607 e. The maximum absolute atomic E-state index is 6.16. The van der Waals surface area contributed by atoms with Crippen LogP contribution in [0, 0.1) is 0 Å². The molecule has 0 saturated heterocycles. The van der Waals surface area contributed by atoms with Crippen molar-refractivity contribution in [2.24, 2.45) is 4.99 Å². The summed E-state index contributed by atoms with van der Waals surface area (Å²) in [6.07, 6.45) is 7.13. The first-order chi connectivity index (χ1) is 10.8. The predicted octanol–water partition coefficient (Wildman–Crippen LogP) is 3.07. The van der Waals surface area contributed by atoms with Crippen molar-refractivity contribution < 1.29 is 0 Å². The van der Waals surface area contributed by atoms with Crippen molar-refractivity contribution in [2.75, 3.05) is 23.7 Å². The molecule has 0 atom stereocenters. The molecule has 1 aromatic heterocycles. The van der Waals surface area contributed by atoms with E-state index in [1.807, 2.05) is 48.7 Å². The molecule has 3 rings (SSSR count). The van der Waals surface area contributed by atoms with Gasteiger partial charge < -0.3 is 10.6 Å². The summed E-state index contributed by atoms with van der Waals surface area (Å²) in [5.41, 5.74) is 10.1. The van der Waals surface area contributed by atoms with Crippen LogP contribution in [0.1, 0.15) is 12.1 Å². The molecular weight excluding hydrogens is 272 g/mol. The number of hydrogen-bond acceptors (Lipinski definition) is 4. The number of dihydropyridines is 1. The zero-order valence-electron chi connectivity index (χ0n) is 12.5. The van der Waals surface area contributed by atoms with Gasteiger partial charge in [-0.1, -0.05) is 24.3 Å². The second kappa shape index (κ2) is 6.89. The molecule has 1 aliphatic rings. The number of anilines is 2. The lowest BCUT2D eigenvalue weighted by Gasteiger charge is -2.26. The first-order valence-corrected chi connectivity index (χ1v) is 7.52. The monoisotopic (exact) mass is 292 g/mol. The summed E-state index contributed by atoms with van der Waals surface area (Å²) in [6.45, 7) is 2.32. The van der Waals surface area contributed by atoms with Crippen LogP contribution in [0.15, 0.2) is 65.8 Å². The maximum atomic E-state index is 6.16. The number of pyridine rings is 1. The standard InChI is InChI=1S/C18H20N4/c19-17-9-1-2-10-18(17)22(13-15-7-3-5-11-20-15)14-16-8-4-6-12-21-16/h1-5,7-11H,6,12-14,19H2. The van der Waals surface area contributed by atoms with Crippen LogP contribution in [-0.2, 0) is 6.54 Å². The van der Waals surface area contributed by atoms with Gasteiger partial charge >= 0.3 is 0 Å². The van der Waals surface area contributed by atoms with E-state index < -0.39 is 0 Å². The minimum Gasteiger partial charge on any atom is -0.397 e. The van der Waals surface area contributed by atoms with E-state index in [9.17, 15) is 0 Å². The van der Waals surface area contributed by atoms with Gasteiger partial charge in [0, 0.05) is 12.7 Å². The Labute approximate surface area is 131 Å². The van der Waals surface area contributed by atoms with Gasteiger partial charge in [-0.15, -0.1) is 0 Å². The molecule has 0 radical (unpaired) electrons. The van der Waals surface area contributed by atoms with Crippen molar-refractivity contribution in [3.05, 3.63) is 66.5 Å². The van der Waals surface area contributed by atoms with Crippen molar-refractivity contribution in [3.8, 4) is 0 Å². The molecule has 2 heterocycles. The zero-order valence-corrected chi connectivity index (χ0v) is 12.5. The number of benzene rings is 1. The van der Waals surface area contributed by atoms with Crippen LogP contribution in [0.25, 0.3) is 0 Å². The van der Waals surface area contributed by atoms with Gasteiger partial charge in [-0.2, -0.15) is 0 Å². The van der Waals surface area contributed by atoms with Crippen LogP contribution in [0.3, 0.4) is 0 Å². The highest BCUT2D eigenvalue weighted by atomic mass is 15.2.